The monoisotopic (exact) mass is 295 g/mol. The highest BCUT2D eigenvalue weighted by Gasteiger charge is 2.20. The maximum atomic E-state index is 14.1. The molecule has 120 valence electrons. The zero-order valence-electron chi connectivity index (χ0n) is 14.3. The van der Waals surface area contributed by atoms with Crippen molar-refractivity contribution in [1.82, 2.24) is 5.32 Å². The molecule has 0 aliphatic carbocycles. The Balaban J connectivity index is 2.73. The van der Waals surface area contributed by atoms with E-state index in [1.54, 1.807) is 6.07 Å². The quantitative estimate of drug-likeness (QED) is 0.834. The van der Waals surface area contributed by atoms with Crippen molar-refractivity contribution in [2.24, 2.45) is 0 Å². The second kappa shape index (κ2) is 7.37. The Hall–Kier alpha value is -0.930. The third-order valence-corrected chi connectivity index (χ3v) is 3.23. The smallest absolute Gasteiger partial charge is 0.126 e. The minimum absolute atomic E-state index is 0.0222. The number of hydrogen-bond acceptors (Lipinski definition) is 2. The van der Waals surface area contributed by atoms with E-state index in [4.69, 9.17) is 4.74 Å². The van der Waals surface area contributed by atoms with E-state index in [0.717, 1.165) is 18.5 Å². The average Bonchev–Trinajstić information content (AvgIpc) is 2.32. The average molecular weight is 295 g/mol. The van der Waals surface area contributed by atoms with Crippen molar-refractivity contribution in [2.75, 3.05) is 13.2 Å². The van der Waals surface area contributed by atoms with E-state index in [-0.39, 0.29) is 22.9 Å². The summed E-state index contributed by atoms with van der Waals surface area (Å²) < 4.78 is 19.9. The van der Waals surface area contributed by atoms with Crippen LogP contribution in [0.15, 0.2) is 24.3 Å². The molecule has 0 aliphatic heterocycles. The van der Waals surface area contributed by atoms with Gasteiger partial charge in [-0.15, -0.1) is 0 Å². The van der Waals surface area contributed by atoms with Gasteiger partial charge in [0.25, 0.3) is 0 Å². The molecule has 0 saturated heterocycles. The van der Waals surface area contributed by atoms with Crippen LogP contribution >= 0.6 is 0 Å². The van der Waals surface area contributed by atoms with Crippen LogP contribution in [0.1, 0.15) is 59.4 Å². The second-order valence-electron chi connectivity index (χ2n) is 7.60. The van der Waals surface area contributed by atoms with E-state index in [9.17, 15) is 4.39 Å². The molecule has 0 heterocycles. The predicted octanol–water partition coefficient (Wildman–Crippen LogP) is 4.50. The lowest BCUT2D eigenvalue weighted by molar-refractivity contribution is -0.00647. The van der Waals surface area contributed by atoms with Gasteiger partial charge in [-0.25, -0.2) is 4.39 Å². The first-order valence-corrected chi connectivity index (χ1v) is 7.72. The van der Waals surface area contributed by atoms with Crippen LogP contribution in [-0.4, -0.2) is 24.3 Å². The van der Waals surface area contributed by atoms with Crippen LogP contribution in [0.25, 0.3) is 0 Å². The maximum absolute atomic E-state index is 14.1. The molecule has 3 heteroatoms. The molecule has 1 aromatic rings. The van der Waals surface area contributed by atoms with Crippen LogP contribution in [0.2, 0.25) is 0 Å². The number of benzene rings is 1. The van der Waals surface area contributed by atoms with Crippen molar-refractivity contribution in [3.05, 3.63) is 35.6 Å². The summed E-state index contributed by atoms with van der Waals surface area (Å²) in [4.78, 5) is 0. The van der Waals surface area contributed by atoms with Gasteiger partial charge in [0.2, 0.25) is 0 Å². The molecule has 1 N–H and O–H groups in total. The van der Waals surface area contributed by atoms with Gasteiger partial charge in [-0.05, 0) is 59.6 Å². The molecule has 0 spiro atoms. The largest absolute Gasteiger partial charge is 0.376 e. The number of ether oxygens (including phenoxy) is 1. The predicted molar refractivity (Wildman–Crippen MR) is 87.2 cm³/mol. The molecule has 0 radical (unpaired) electrons. The summed E-state index contributed by atoms with van der Waals surface area (Å²) in [5.41, 5.74) is 0.637. The normalized spacial score (nSPS) is 14.2. The summed E-state index contributed by atoms with van der Waals surface area (Å²) >= 11 is 0. The van der Waals surface area contributed by atoms with Crippen molar-refractivity contribution in [1.29, 1.82) is 0 Å². The molecule has 1 aromatic carbocycles. The summed E-state index contributed by atoms with van der Waals surface area (Å²) in [5, 5.41) is 3.47. The van der Waals surface area contributed by atoms with Crippen molar-refractivity contribution in [3.63, 3.8) is 0 Å². The van der Waals surface area contributed by atoms with Gasteiger partial charge in [0, 0.05) is 24.6 Å². The standard InChI is InChI=1S/C18H30FNO/c1-17(2,3)20-13-14(11-12-21-18(4,5)6)15-9-7-8-10-16(15)19/h7-10,14,20H,11-13H2,1-6H3. The second-order valence-corrected chi connectivity index (χ2v) is 7.60. The number of nitrogens with one attached hydrogen (secondary N) is 1. The van der Waals surface area contributed by atoms with Crippen LogP contribution in [0.3, 0.4) is 0 Å². The summed E-state index contributed by atoms with van der Waals surface area (Å²) in [6.07, 6.45) is 0.807. The van der Waals surface area contributed by atoms with Gasteiger partial charge in [0.1, 0.15) is 5.82 Å². The van der Waals surface area contributed by atoms with Crippen molar-refractivity contribution in [3.8, 4) is 0 Å². The van der Waals surface area contributed by atoms with Crippen LogP contribution in [0.4, 0.5) is 4.39 Å². The van der Waals surface area contributed by atoms with Crippen LogP contribution < -0.4 is 5.32 Å². The first-order valence-electron chi connectivity index (χ1n) is 7.72. The Bertz CT molecular complexity index is 432. The molecule has 1 atom stereocenters. The Morgan fingerprint density at radius 1 is 1.10 bits per heavy atom. The van der Waals surface area contributed by atoms with Gasteiger partial charge in [0.15, 0.2) is 0 Å². The van der Waals surface area contributed by atoms with Gasteiger partial charge in [-0.1, -0.05) is 18.2 Å². The summed E-state index contributed by atoms with van der Waals surface area (Å²) in [6, 6.07) is 7.04. The summed E-state index contributed by atoms with van der Waals surface area (Å²) in [6.45, 7) is 13.9. The van der Waals surface area contributed by atoms with Crippen molar-refractivity contribution >= 4 is 0 Å². The zero-order chi connectivity index (χ0) is 16.1. The minimum atomic E-state index is -0.156. The van der Waals surface area contributed by atoms with Crippen LogP contribution in [-0.2, 0) is 4.74 Å². The van der Waals surface area contributed by atoms with Crippen LogP contribution in [0.5, 0.6) is 0 Å². The first-order chi connectivity index (χ1) is 9.58. The molecule has 0 fully saturated rings. The van der Waals surface area contributed by atoms with Gasteiger partial charge >= 0.3 is 0 Å². The van der Waals surface area contributed by atoms with E-state index in [2.05, 4.69) is 26.1 Å². The first kappa shape index (κ1) is 18.1. The van der Waals surface area contributed by atoms with Gasteiger partial charge in [-0.2, -0.15) is 0 Å². The fourth-order valence-electron chi connectivity index (χ4n) is 2.11. The molecule has 21 heavy (non-hydrogen) atoms. The molecule has 0 aromatic heterocycles. The Morgan fingerprint density at radius 3 is 2.24 bits per heavy atom. The lowest BCUT2D eigenvalue weighted by atomic mass is 9.94. The Morgan fingerprint density at radius 2 is 1.71 bits per heavy atom. The zero-order valence-corrected chi connectivity index (χ0v) is 14.3. The molecule has 0 amide bonds. The molecular weight excluding hydrogens is 265 g/mol. The van der Waals surface area contributed by atoms with E-state index in [0.29, 0.717) is 6.61 Å². The third-order valence-electron chi connectivity index (χ3n) is 3.23. The number of hydrogen-bond donors (Lipinski definition) is 1. The molecule has 1 unspecified atom stereocenters. The summed E-state index contributed by atoms with van der Waals surface area (Å²) in [7, 11) is 0. The Kier molecular flexibility index (Phi) is 6.36. The van der Waals surface area contributed by atoms with Gasteiger partial charge in [0.05, 0.1) is 5.60 Å². The highest BCUT2D eigenvalue weighted by molar-refractivity contribution is 5.22. The number of halogens is 1. The van der Waals surface area contributed by atoms with E-state index < -0.39 is 0 Å². The molecular formula is C18H30FNO. The highest BCUT2D eigenvalue weighted by Crippen LogP contribution is 2.23. The Labute approximate surface area is 129 Å². The molecule has 2 nitrogen and oxygen atoms in total. The van der Waals surface area contributed by atoms with E-state index in [1.807, 2.05) is 32.9 Å². The maximum Gasteiger partial charge on any atom is 0.126 e. The summed E-state index contributed by atoms with van der Waals surface area (Å²) in [5.74, 6) is -0.0123. The third kappa shape index (κ3) is 7.58. The SMILES string of the molecule is CC(C)(C)NCC(CCOC(C)(C)C)c1ccccc1F. The van der Waals surface area contributed by atoms with E-state index >= 15 is 0 Å². The highest BCUT2D eigenvalue weighted by atomic mass is 19.1. The molecule has 0 saturated carbocycles. The molecule has 1 rings (SSSR count). The van der Waals surface area contributed by atoms with Crippen LogP contribution in [0, 0.1) is 5.82 Å². The van der Waals surface area contributed by atoms with E-state index in [1.165, 1.54) is 6.07 Å². The fourth-order valence-corrected chi connectivity index (χ4v) is 2.11. The van der Waals surface area contributed by atoms with Gasteiger partial charge < -0.3 is 10.1 Å². The van der Waals surface area contributed by atoms with Crippen molar-refractivity contribution < 1.29 is 9.13 Å². The minimum Gasteiger partial charge on any atom is -0.376 e. The topological polar surface area (TPSA) is 21.3 Å². The van der Waals surface area contributed by atoms with Gasteiger partial charge in [-0.3, -0.25) is 0 Å². The lowest BCUT2D eigenvalue weighted by Gasteiger charge is -2.27. The lowest BCUT2D eigenvalue weighted by Crippen LogP contribution is -2.39. The fraction of sp³-hybridized carbons (Fsp3) is 0.667. The molecule has 0 bridgehead atoms. The van der Waals surface area contributed by atoms with Crippen molar-refractivity contribution in [2.45, 2.75) is 65.0 Å². The number of rotatable bonds is 6. The molecule has 0 aliphatic rings.